The van der Waals surface area contributed by atoms with Crippen LogP contribution in [-0.2, 0) is 4.57 Å². The highest BCUT2D eigenvalue weighted by molar-refractivity contribution is 8.56. The third-order valence-corrected chi connectivity index (χ3v) is 9.71. The zero-order chi connectivity index (χ0) is 20.4. The molecule has 0 saturated heterocycles. The van der Waals surface area contributed by atoms with Crippen LogP contribution in [0.1, 0.15) is 40.0 Å². The molecule has 0 radical (unpaired) electrons. The summed E-state index contributed by atoms with van der Waals surface area (Å²) in [7, 11) is 0. The maximum atomic E-state index is 13.4. The molecule has 7 heteroatoms. The number of para-hydroxylation sites is 1. The topological polar surface area (TPSA) is 52.9 Å². The largest absolute Gasteiger partial charge is 0.352 e. The lowest BCUT2D eigenvalue weighted by atomic mass is 10.3. The number of benzene rings is 2. The molecule has 0 bridgehead atoms. The van der Waals surface area contributed by atoms with Crippen molar-refractivity contribution >= 4 is 41.4 Å². The molecule has 2 aromatic rings. The standard InChI is InChI=1S/C21H29N2O2PS2/c1-4-12-21(22-19-13-8-6-9-14-19)23(26(24,25)28-18(3)5-2)17-27-20-15-10-7-11-16-20/h6-11,13-16,18H,4-5,12,17H2,1-3H3,(H,24,25). The maximum absolute atomic E-state index is 13.4. The fraction of sp³-hybridized carbons (Fsp3) is 0.381. The van der Waals surface area contributed by atoms with E-state index in [0.717, 1.165) is 34.8 Å². The van der Waals surface area contributed by atoms with E-state index in [9.17, 15) is 9.46 Å². The minimum atomic E-state index is -3.64. The number of rotatable bonds is 10. The SMILES string of the molecule is CCCC(=Nc1ccccc1)N(CSc1ccccc1)P(=O)(O)SC(C)CC. The first-order valence-corrected chi connectivity index (χ1v) is 13.6. The Morgan fingerprint density at radius 2 is 1.71 bits per heavy atom. The summed E-state index contributed by atoms with van der Waals surface area (Å²) in [5.41, 5.74) is 0.800. The van der Waals surface area contributed by atoms with Crippen LogP contribution in [0.3, 0.4) is 0 Å². The van der Waals surface area contributed by atoms with Gasteiger partial charge in [-0.1, -0.05) is 57.2 Å². The Labute approximate surface area is 177 Å². The molecule has 2 rings (SSSR count). The summed E-state index contributed by atoms with van der Waals surface area (Å²) in [5, 5.41) is 0.0969. The van der Waals surface area contributed by atoms with Crippen molar-refractivity contribution in [2.24, 2.45) is 4.99 Å². The predicted octanol–water partition coefficient (Wildman–Crippen LogP) is 7.20. The molecule has 0 aliphatic heterocycles. The molecule has 0 aliphatic carbocycles. The molecule has 0 spiro atoms. The van der Waals surface area contributed by atoms with Gasteiger partial charge in [-0.25, -0.2) is 4.99 Å². The van der Waals surface area contributed by atoms with E-state index < -0.39 is 6.72 Å². The van der Waals surface area contributed by atoms with Gasteiger partial charge in [-0.05, 0) is 48.5 Å². The summed E-state index contributed by atoms with van der Waals surface area (Å²) in [6, 6.07) is 19.6. The molecule has 2 unspecified atom stereocenters. The Bertz CT molecular complexity index is 788. The molecule has 0 aliphatic rings. The van der Waals surface area contributed by atoms with Crippen LogP contribution < -0.4 is 0 Å². The molecule has 28 heavy (non-hydrogen) atoms. The second-order valence-corrected chi connectivity index (χ2v) is 12.0. The zero-order valence-electron chi connectivity index (χ0n) is 16.7. The fourth-order valence-corrected chi connectivity index (χ4v) is 8.03. The lowest BCUT2D eigenvalue weighted by Gasteiger charge is -2.30. The molecular weight excluding hydrogens is 407 g/mol. The van der Waals surface area contributed by atoms with Gasteiger partial charge in [-0.2, -0.15) is 0 Å². The van der Waals surface area contributed by atoms with E-state index in [4.69, 9.17) is 4.99 Å². The summed E-state index contributed by atoms with van der Waals surface area (Å²) < 4.78 is 15.0. The van der Waals surface area contributed by atoms with Crippen molar-refractivity contribution in [3.63, 3.8) is 0 Å². The van der Waals surface area contributed by atoms with E-state index in [1.54, 1.807) is 16.4 Å². The normalized spacial score (nSPS) is 15.1. The lowest BCUT2D eigenvalue weighted by molar-refractivity contribution is 0.450. The highest BCUT2D eigenvalue weighted by atomic mass is 32.7. The van der Waals surface area contributed by atoms with Gasteiger partial charge in [0.05, 0.1) is 11.6 Å². The van der Waals surface area contributed by atoms with Crippen LogP contribution in [0.2, 0.25) is 0 Å². The van der Waals surface area contributed by atoms with Crippen LogP contribution in [0, 0.1) is 0 Å². The molecule has 0 heterocycles. The van der Waals surface area contributed by atoms with Crippen LogP contribution in [0.15, 0.2) is 70.6 Å². The van der Waals surface area contributed by atoms with Gasteiger partial charge in [-0.3, -0.25) is 9.24 Å². The van der Waals surface area contributed by atoms with Gasteiger partial charge in [0.15, 0.2) is 0 Å². The molecule has 4 nitrogen and oxygen atoms in total. The van der Waals surface area contributed by atoms with Gasteiger partial charge in [0.2, 0.25) is 0 Å². The molecule has 2 aromatic carbocycles. The van der Waals surface area contributed by atoms with E-state index >= 15 is 0 Å². The quantitative estimate of drug-likeness (QED) is 0.140. The summed E-state index contributed by atoms with van der Waals surface area (Å²) in [6.45, 7) is 2.45. The Hall–Kier alpha value is -1.20. The minimum absolute atomic E-state index is 0.0969. The summed E-state index contributed by atoms with van der Waals surface area (Å²) >= 11 is 2.71. The molecule has 152 valence electrons. The van der Waals surface area contributed by atoms with E-state index in [1.807, 2.05) is 74.5 Å². The first-order valence-electron chi connectivity index (χ1n) is 9.56. The van der Waals surface area contributed by atoms with Crippen molar-refractivity contribution in [3.8, 4) is 0 Å². The average molecular weight is 437 g/mol. The van der Waals surface area contributed by atoms with Gasteiger partial charge in [-0.15, -0.1) is 11.8 Å². The number of aliphatic imine (C=N–C) groups is 1. The van der Waals surface area contributed by atoms with Crippen LogP contribution in [0.4, 0.5) is 5.69 Å². The number of hydrogen-bond donors (Lipinski definition) is 1. The van der Waals surface area contributed by atoms with Crippen molar-refractivity contribution in [2.75, 3.05) is 5.88 Å². The number of thioether (sulfide) groups is 1. The van der Waals surface area contributed by atoms with Crippen LogP contribution in [-0.4, -0.2) is 26.5 Å². The van der Waals surface area contributed by atoms with Crippen molar-refractivity contribution in [1.29, 1.82) is 0 Å². The highest BCUT2D eigenvalue weighted by Crippen LogP contribution is 2.61. The monoisotopic (exact) mass is 436 g/mol. The first-order chi connectivity index (χ1) is 13.5. The Morgan fingerprint density at radius 1 is 1.11 bits per heavy atom. The second kappa shape index (κ2) is 11.7. The third-order valence-electron chi connectivity index (χ3n) is 4.08. The molecule has 0 saturated carbocycles. The molecule has 0 aromatic heterocycles. The average Bonchev–Trinajstić information content (AvgIpc) is 2.69. The summed E-state index contributed by atoms with van der Waals surface area (Å²) in [4.78, 5) is 16.8. The minimum Gasteiger partial charge on any atom is -0.321 e. The van der Waals surface area contributed by atoms with Gasteiger partial charge < -0.3 is 4.89 Å². The van der Waals surface area contributed by atoms with E-state index in [2.05, 4.69) is 6.92 Å². The molecule has 0 fully saturated rings. The first kappa shape index (κ1) is 23.1. The van der Waals surface area contributed by atoms with Crippen LogP contribution >= 0.6 is 29.9 Å². The van der Waals surface area contributed by atoms with Crippen LogP contribution in [0.5, 0.6) is 0 Å². The molecule has 0 amide bonds. The Balaban J connectivity index is 2.35. The smallest absolute Gasteiger partial charge is 0.321 e. The van der Waals surface area contributed by atoms with Crippen molar-refractivity contribution in [3.05, 3.63) is 60.7 Å². The van der Waals surface area contributed by atoms with E-state index in [1.165, 1.54) is 0 Å². The van der Waals surface area contributed by atoms with Crippen molar-refractivity contribution in [2.45, 2.75) is 50.2 Å². The summed E-state index contributed by atoms with van der Waals surface area (Å²) in [6.07, 6.45) is 2.34. The van der Waals surface area contributed by atoms with E-state index in [0.29, 0.717) is 18.1 Å². The van der Waals surface area contributed by atoms with E-state index in [-0.39, 0.29) is 5.25 Å². The van der Waals surface area contributed by atoms with Gasteiger partial charge in [0.25, 0.3) is 0 Å². The van der Waals surface area contributed by atoms with Gasteiger partial charge in [0.1, 0.15) is 5.84 Å². The summed E-state index contributed by atoms with van der Waals surface area (Å²) in [5.74, 6) is 1.05. The Kier molecular flexibility index (Phi) is 9.66. The fourth-order valence-electron chi connectivity index (χ4n) is 2.43. The highest BCUT2D eigenvalue weighted by Gasteiger charge is 2.33. The Morgan fingerprint density at radius 3 is 2.29 bits per heavy atom. The predicted molar refractivity (Wildman–Crippen MR) is 125 cm³/mol. The van der Waals surface area contributed by atoms with Crippen molar-refractivity contribution in [1.82, 2.24) is 4.67 Å². The van der Waals surface area contributed by atoms with Crippen LogP contribution in [0.25, 0.3) is 0 Å². The maximum Gasteiger partial charge on any atom is 0.352 e. The lowest BCUT2D eigenvalue weighted by Crippen LogP contribution is -2.27. The zero-order valence-corrected chi connectivity index (χ0v) is 19.2. The molecular formula is C21H29N2O2PS2. The molecule has 1 N–H and O–H groups in total. The van der Waals surface area contributed by atoms with Gasteiger partial charge >= 0.3 is 6.72 Å². The number of hydrogen-bond acceptors (Lipinski definition) is 4. The van der Waals surface area contributed by atoms with Gasteiger partial charge in [0, 0.05) is 16.6 Å². The number of amidine groups is 1. The van der Waals surface area contributed by atoms with Crippen molar-refractivity contribution < 1.29 is 9.46 Å². The second-order valence-electron chi connectivity index (χ2n) is 6.41. The third kappa shape index (κ3) is 7.32. The molecule has 2 atom stereocenters. The number of nitrogens with zero attached hydrogens (tertiary/aromatic N) is 2.